The van der Waals surface area contributed by atoms with Crippen LogP contribution in [-0.2, 0) is 20.0 Å². The fourth-order valence-corrected chi connectivity index (χ4v) is 3.94. The van der Waals surface area contributed by atoms with Gasteiger partial charge in [0.1, 0.15) is 11.5 Å². The molecule has 0 radical (unpaired) electrons. The Morgan fingerprint density at radius 2 is 1.17 bits per heavy atom. The van der Waals surface area contributed by atoms with Gasteiger partial charge < -0.3 is 0 Å². The lowest BCUT2D eigenvalue weighted by Crippen LogP contribution is -2.49. The van der Waals surface area contributed by atoms with Crippen molar-refractivity contribution in [1.82, 2.24) is 0 Å². The molecule has 0 spiro atoms. The van der Waals surface area contributed by atoms with E-state index < -0.39 is 52.1 Å². The van der Waals surface area contributed by atoms with Crippen molar-refractivity contribution >= 4 is 25.7 Å². The van der Waals surface area contributed by atoms with Gasteiger partial charge >= 0.3 is 31.1 Å². The Hall–Kier alpha value is -1.64. The maximum Gasteiger partial charge on any atom is 0.517 e. The third kappa shape index (κ3) is 3.34. The zero-order valence-electron chi connectivity index (χ0n) is 10.2. The molecule has 0 fully saturated rings. The summed E-state index contributed by atoms with van der Waals surface area (Å²) in [5.41, 5.74) is -15.2. The van der Waals surface area contributed by atoms with Crippen LogP contribution >= 0.6 is 0 Å². The van der Waals surface area contributed by atoms with Gasteiger partial charge in [0.25, 0.3) is 0 Å². The number of benzene rings is 1. The lowest BCUT2D eigenvalue weighted by atomic mass is 10.3. The molecule has 1 aromatic carbocycles. The smallest absolute Gasteiger partial charge is 0.207 e. The molecule has 5 nitrogen and oxygen atoms in total. The van der Waals surface area contributed by atoms with E-state index in [1.807, 2.05) is 0 Å². The monoisotopic (exact) mass is 393 g/mol. The number of halogens is 8. The minimum atomic E-state index is -7.20. The highest BCUT2D eigenvalue weighted by Gasteiger charge is 2.62. The first-order valence-electron chi connectivity index (χ1n) is 4.91. The van der Waals surface area contributed by atoms with Crippen LogP contribution in [-0.4, -0.2) is 27.9 Å². The molecule has 0 aromatic heterocycles. The highest BCUT2D eigenvalue weighted by molar-refractivity contribution is 8.11. The van der Waals surface area contributed by atoms with Crippen molar-refractivity contribution in [2.75, 3.05) is 3.71 Å². The lowest BCUT2D eigenvalue weighted by molar-refractivity contribution is -0.0462. The number of sulfonamides is 2. The van der Waals surface area contributed by atoms with Gasteiger partial charge in [0.15, 0.2) is 5.82 Å². The third-order valence-electron chi connectivity index (χ3n) is 2.13. The van der Waals surface area contributed by atoms with E-state index in [0.29, 0.717) is 0 Å². The third-order valence-corrected chi connectivity index (χ3v) is 5.74. The first-order chi connectivity index (χ1) is 10.0. The summed E-state index contributed by atoms with van der Waals surface area (Å²) in [6.45, 7) is 0. The van der Waals surface area contributed by atoms with Crippen molar-refractivity contribution in [2.45, 2.75) is 11.0 Å². The Labute approximate surface area is 123 Å². The summed E-state index contributed by atoms with van der Waals surface area (Å²) >= 11 is 0. The number of alkyl halides is 6. The quantitative estimate of drug-likeness (QED) is 0.740. The molecule has 1 rings (SSSR count). The highest BCUT2D eigenvalue weighted by Crippen LogP contribution is 2.39. The Bertz CT molecular complexity index is 767. The van der Waals surface area contributed by atoms with Gasteiger partial charge in [0.2, 0.25) is 0 Å². The Morgan fingerprint density at radius 1 is 0.783 bits per heavy atom. The van der Waals surface area contributed by atoms with E-state index in [-0.39, 0.29) is 18.2 Å². The average Bonchev–Trinajstić information content (AvgIpc) is 2.29. The molecule has 0 saturated heterocycles. The van der Waals surface area contributed by atoms with Gasteiger partial charge in [-0.3, -0.25) is 0 Å². The molecule has 0 unspecified atom stereocenters. The van der Waals surface area contributed by atoms with E-state index >= 15 is 0 Å². The molecule has 1 aromatic rings. The summed E-state index contributed by atoms with van der Waals surface area (Å²) in [5.74, 6) is -3.77. The topological polar surface area (TPSA) is 71.5 Å². The number of nitrogens with zero attached hydrogens (tertiary/aromatic N) is 1. The predicted molar refractivity (Wildman–Crippen MR) is 58.8 cm³/mol. The van der Waals surface area contributed by atoms with Gasteiger partial charge in [-0.2, -0.15) is 43.2 Å². The van der Waals surface area contributed by atoms with Gasteiger partial charge in [-0.05, 0) is 12.1 Å². The average molecular weight is 393 g/mol. The van der Waals surface area contributed by atoms with Crippen LogP contribution in [0.5, 0.6) is 0 Å². The van der Waals surface area contributed by atoms with Crippen LogP contribution in [0.2, 0.25) is 0 Å². The SMILES string of the molecule is O=S(=O)(N(c1ccc(F)cc1F)S(=O)(=O)C(F)(F)F)C(F)(F)F. The molecule has 0 N–H and O–H groups in total. The van der Waals surface area contributed by atoms with Crippen LogP contribution in [0, 0.1) is 11.6 Å². The Balaban J connectivity index is 3.86. The van der Waals surface area contributed by atoms with Gasteiger partial charge in [0, 0.05) is 6.07 Å². The normalized spacial score (nSPS) is 13.9. The van der Waals surface area contributed by atoms with E-state index in [2.05, 4.69) is 0 Å². The minimum Gasteiger partial charge on any atom is -0.207 e. The van der Waals surface area contributed by atoms with E-state index in [4.69, 9.17) is 0 Å². The summed E-state index contributed by atoms with van der Waals surface area (Å²) in [5, 5.41) is 0. The molecule has 0 bridgehead atoms. The maximum atomic E-state index is 13.4. The van der Waals surface area contributed by atoms with E-state index in [1.54, 1.807) is 0 Å². The molecule has 0 aliphatic carbocycles. The summed E-state index contributed by atoms with van der Waals surface area (Å²) in [4.78, 5) is 0. The summed E-state index contributed by atoms with van der Waals surface area (Å²) in [6, 6.07) is -0.416. The second kappa shape index (κ2) is 5.47. The highest BCUT2D eigenvalue weighted by atomic mass is 32.3. The summed E-state index contributed by atoms with van der Waals surface area (Å²) in [6.07, 6.45) is 0. The van der Waals surface area contributed by atoms with Crippen LogP contribution < -0.4 is 3.71 Å². The molecule has 0 atom stereocenters. The Kier molecular flexibility index (Phi) is 4.61. The van der Waals surface area contributed by atoms with Crippen molar-refractivity contribution in [3.63, 3.8) is 0 Å². The minimum absolute atomic E-state index is 0.0726. The number of hydrogen-bond acceptors (Lipinski definition) is 4. The molecule has 23 heavy (non-hydrogen) atoms. The van der Waals surface area contributed by atoms with Crippen molar-refractivity contribution in [3.05, 3.63) is 29.8 Å². The lowest BCUT2D eigenvalue weighted by Gasteiger charge is -2.25. The molecule has 132 valence electrons. The van der Waals surface area contributed by atoms with Crippen LogP contribution in [0.25, 0.3) is 0 Å². The number of hydrogen-bond donors (Lipinski definition) is 0. The zero-order valence-corrected chi connectivity index (χ0v) is 11.8. The fraction of sp³-hybridized carbons (Fsp3) is 0.250. The first kappa shape index (κ1) is 19.4. The molecular formula is C8H3F8NO4S2. The number of anilines is 1. The van der Waals surface area contributed by atoms with Gasteiger partial charge in [-0.1, -0.05) is 0 Å². The Morgan fingerprint density at radius 3 is 1.48 bits per heavy atom. The molecular weight excluding hydrogens is 390 g/mol. The van der Waals surface area contributed by atoms with Gasteiger partial charge in [0.05, 0.1) is 0 Å². The van der Waals surface area contributed by atoms with Gasteiger partial charge in [-0.15, -0.1) is 3.71 Å². The van der Waals surface area contributed by atoms with Crippen LogP contribution in [0.1, 0.15) is 0 Å². The first-order valence-corrected chi connectivity index (χ1v) is 7.79. The standard InChI is InChI=1S/C8H3F8NO4S2/c9-4-1-2-6(5(10)3-4)17(22(18,19)7(11,12)13)23(20,21)8(14,15)16/h1-3H. The van der Waals surface area contributed by atoms with Crippen LogP contribution in [0.3, 0.4) is 0 Å². The molecule has 0 aliphatic heterocycles. The van der Waals surface area contributed by atoms with Crippen molar-refractivity contribution < 1.29 is 52.0 Å². The number of rotatable bonds is 3. The van der Waals surface area contributed by atoms with Crippen LogP contribution in [0.4, 0.5) is 40.8 Å². The fourth-order valence-electron chi connectivity index (χ4n) is 1.21. The largest absolute Gasteiger partial charge is 0.517 e. The molecule has 0 amide bonds. The summed E-state index contributed by atoms with van der Waals surface area (Å²) in [7, 11) is -14.4. The summed E-state index contributed by atoms with van der Waals surface area (Å²) < 4.78 is 143. The molecule has 0 aliphatic rings. The van der Waals surface area contributed by atoms with Gasteiger partial charge in [-0.25, -0.2) is 8.78 Å². The maximum absolute atomic E-state index is 13.4. The van der Waals surface area contributed by atoms with Crippen molar-refractivity contribution in [1.29, 1.82) is 0 Å². The van der Waals surface area contributed by atoms with Crippen molar-refractivity contribution in [2.24, 2.45) is 0 Å². The zero-order chi connectivity index (χ0) is 18.4. The predicted octanol–water partition coefficient (Wildman–Crippen LogP) is 2.47. The van der Waals surface area contributed by atoms with E-state index in [0.717, 1.165) is 0 Å². The van der Waals surface area contributed by atoms with E-state index in [9.17, 15) is 52.0 Å². The van der Waals surface area contributed by atoms with Crippen molar-refractivity contribution in [3.8, 4) is 0 Å². The molecule has 0 heterocycles. The second-order valence-corrected chi connectivity index (χ2v) is 7.48. The van der Waals surface area contributed by atoms with E-state index in [1.165, 1.54) is 0 Å². The molecule has 15 heteroatoms. The second-order valence-electron chi connectivity index (χ2n) is 3.69. The molecule has 0 saturated carbocycles. The van der Waals surface area contributed by atoms with Crippen LogP contribution in [0.15, 0.2) is 18.2 Å².